The molecule has 1 aromatic carbocycles. The average molecular weight is 356 g/mol. The number of carboxylic acids is 1. The summed E-state index contributed by atoms with van der Waals surface area (Å²) in [6, 6.07) is 7.56. The summed E-state index contributed by atoms with van der Waals surface area (Å²) in [5.74, 6) is -0.335. The van der Waals surface area contributed by atoms with Crippen LogP contribution in [0.5, 0.6) is 5.75 Å². The quantitative estimate of drug-likeness (QED) is 0.703. The fourth-order valence-electron chi connectivity index (χ4n) is 1.96. The van der Waals surface area contributed by atoms with Gasteiger partial charge in [0.25, 0.3) is 0 Å². The maximum absolute atomic E-state index is 11.7. The Balaban J connectivity index is 1.58. The monoisotopic (exact) mass is 355 g/mol. The van der Waals surface area contributed by atoms with Crippen molar-refractivity contribution in [3.8, 4) is 5.75 Å². The number of ether oxygens (including phenoxy) is 1. The lowest BCUT2D eigenvalue weighted by Gasteiger charge is -2.12. The second kappa shape index (κ2) is 6.93. The van der Waals surface area contributed by atoms with Gasteiger partial charge in [-0.15, -0.1) is 0 Å². The topological polar surface area (TPSA) is 75.6 Å². The zero-order valence-corrected chi connectivity index (χ0v) is 13.2. The van der Waals surface area contributed by atoms with Gasteiger partial charge in [-0.25, -0.2) is 4.79 Å². The van der Waals surface area contributed by atoms with Crippen LogP contribution in [-0.2, 0) is 9.59 Å². The van der Waals surface area contributed by atoms with E-state index in [0.717, 1.165) is 16.6 Å². The van der Waals surface area contributed by atoms with Gasteiger partial charge in [-0.1, -0.05) is 15.9 Å². The van der Waals surface area contributed by atoms with Crippen LogP contribution < -0.4 is 10.1 Å². The number of aliphatic carboxylic acids is 1. The number of amides is 1. The van der Waals surface area contributed by atoms with Crippen LogP contribution in [0.3, 0.4) is 0 Å². The number of hydrogen-bond acceptors (Lipinski definition) is 3. The summed E-state index contributed by atoms with van der Waals surface area (Å²) in [4.78, 5) is 22.6. The molecule has 0 atom stereocenters. The third-order valence-corrected chi connectivity index (χ3v) is 3.95. The number of halogens is 1. The van der Waals surface area contributed by atoms with Crippen LogP contribution >= 0.6 is 15.9 Å². The first-order valence-corrected chi connectivity index (χ1v) is 7.74. The van der Waals surface area contributed by atoms with Gasteiger partial charge in [0.15, 0.2) is 0 Å². The molecule has 21 heavy (non-hydrogen) atoms. The summed E-state index contributed by atoms with van der Waals surface area (Å²) >= 11 is 3.35. The molecule has 1 amide bonds. The van der Waals surface area contributed by atoms with Gasteiger partial charge in [0.1, 0.15) is 11.3 Å². The molecule has 0 aromatic heterocycles. The van der Waals surface area contributed by atoms with Gasteiger partial charge in [0.05, 0.1) is 6.61 Å². The lowest BCUT2D eigenvalue weighted by molar-refractivity contribution is -0.143. The summed E-state index contributed by atoms with van der Waals surface area (Å²) in [5, 5.41) is 11.6. The van der Waals surface area contributed by atoms with Crippen molar-refractivity contribution in [2.24, 2.45) is 0 Å². The van der Waals surface area contributed by atoms with Gasteiger partial charge in [0.2, 0.25) is 5.91 Å². The van der Waals surface area contributed by atoms with Crippen molar-refractivity contribution in [2.45, 2.75) is 37.6 Å². The summed E-state index contributed by atoms with van der Waals surface area (Å²) in [5.41, 5.74) is -0.981. The molecular formula is C15H18BrNO4. The van der Waals surface area contributed by atoms with Crippen molar-refractivity contribution < 1.29 is 19.4 Å². The second-order valence-electron chi connectivity index (χ2n) is 5.19. The smallest absolute Gasteiger partial charge is 0.329 e. The third kappa shape index (κ3) is 4.74. The number of benzene rings is 1. The number of unbranched alkanes of at least 4 members (excludes halogenated alkanes) is 1. The standard InChI is InChI=1S/C15H18BrNO4/c16-11-4-6-12(7-5-11)21-10-2-1-3-13(18)17-15(8-9-15)14(19)20/h4-7H,1-3,8-10H2,(H,17,18)(H,19,20). The van der Waals surface area contributed by atoms with Crippen molar-refractivity contribution in [1.82, 2.24) is 5.32 Å². The van der Waals surface area contributed by atoms with E-state index in [9.17, 15) is 9.59 Å². The molecule has 1 aliphatic carbocycles. The van der Waals surface area contributed by atoms with E-state index in [2.05, 4.69) is 21.2 Å². The predicted molar refractivity (Wildman–Crippen MR) is 81.2 cm³/mol. The largest absolute Gasteiger partial charge is 0.494 e. The molecule has 6 heteroatoms. The van der Waals surface area contributed by atoms with E-state index in [-0.39, 0.29) is 5.91 Å². The molecule has 0 unspecified atom stereocenters. The van der Waals surface area contributed by atoms with E-state index >= 15 is 0 Å². The predicted octanol–water partition coefficient (Wildman–Crippen LogP) is 2.73. The minimum absolute atomic E-state index is 0.196. The fraction of sp³-hybridized carbons (Fsp3) is 0.467. The van der Waals surface area contributed by atoms with Crippen molar-refractivity contribution in [3.63, 3.8) is 0 Å². The van der Waals surface area contributed by atoms with Gasteiger partial charge >= 0.3 is 5.97 Å². The van der Waals surface area contributed by atoms with Gasteiger partial charge in [-0.3, -0.25) is 4.79 Å². The molecule has 0 radical (unpaired) electrons. The number of nitrogens with one attached hydrogen (secondary N) is 1. The van der Waals surface area contributed by atoms with Crippen LogP contribution in [-0.4, -0.2) is 29.1 Å². The normalized spacial score (nSPS) is 15.3. The van der Waals surface area contributed by atoms with Gasteiger partial charge in [-0.2, -0.15) is 0 Å². The van der Waals surface area contributed by atoms with Crippen LogP contribution in [0.15, 0.2) is 28.7 Å². The number of carboxylic acid groups (broad SMARTS) is 1. The highest BCUT2D eigenvalue weighted by atomic mass is 79.9. The lowest BCUT2D eigenvalue weighted by Crippen LogP contribution is -2.42. The molecule has 2 N–H and O–H groups in total. The molecule has 114 valence electrons. The summed E-state index contributed by atoms with van der Waals surface area (Å²) < 4.78 is 6.55. The Bertz CT molecular complexity index is 511. The highest BCUT2D eigenvalue weighted by Gasteiger charge is 2.51. The first kappa shape index (κ1) is 15.8. The zero-order valence-electron chi connectivity index (χ0n) is 11.6. The molecule has 1 saturated carbocycles. The van der Waals surface area contributed by atoms with Crippen molar-refractivity contribution >= 4 is 27.8 Å². The summed E-state index contributed by atoms with van der Waals surface area (Å²) in [7, 11) is 0. The Morgan fingerprint density at radius 1 is 1.24 bits per heavy atom. The van der Waals surface area contributed by atoms with Crippen LogP contribution in [0.4, 0.5) is 0 Å². The molecule has 1 aromatic rings. The molecular weight excluding hydrogens is 338 g/mol. The van der Waals surface area contributed by atoms with Crippen LogP contribution in [0, 0.1) is 0 Å². The van der Waals surface area contributed by atoms with Crippen LogP contribution in [0.25, 0.3) is 0 Å². The van der Waals surface area contributed by atoms with E-state index in [0.29, 0.717) is 32.3 Å². The van der Waals surface area contributed by atoms with E-state index in [1.807, 2.05) is 24.3 Å². The van der Waals surface area contributed by atoms with E-state index in [1.165, 1.54) is 0 Å². The number of carbonyl (C=O) groups excluding carboxylic acids is 1. The number of carbonyl (C=O) groups is 2. The highest BCUT2D eigenvalue weighted by molar-refractivity contribution is 9.10. The van der Waals surface area contributed by atoms with Crippen LogP contribution in [0.1, 0.15) is 32.1 Å². The Labute approximate surface area is 131 Å². The molecule has 2 rings (SSSR count). The van der Waals surface area contributed by atoms with Crippen molar-refractivity contribution in [2.75, 3.05) is 6.61 Å². The van der Waals surface area contributed by atoms with Gasteiger partial charge < -0.3 is 15.2 Å². The summed E-state index contributed by atoms with van der Waals surface area (Å²) in [6.07, 6.45) is 2.82. The Morgan fingerprint density at radius 2 is 1.90 bits per heavy atom. The Kier molecular flexibility index (Phi) is 5.22. The summed E-state index contributed by atoms with van der Waals surface area (Å²) in [6.45, 7) is 0.541. The molecule has 0 spiro atoms. The molecule has 0 heterocycles. The first-order valence-electron chi connectivity index (χ1n) is 6.95. The SMILES string of the molecule is O=C(CCCCOc1ccc(Br)cc1)NC1(C(=O)O)CC1. The third-order valence-electron chi connectivity index (χ3n) is 3.42. The van der Waals surface area contributed by atoms with E-state index < -0.39 is 11.5 Å². The maximum atomic E-state index is 11.7. The van der Waals surface area contributed by atoms with Crippen molar-refractivity contribution in [3.05, 3.63) is 28.7 Å². The highest BCUT2D eigenvalue weighted by Crippen LogP contribution is 2.35. The second-order valence-corrected chi connectivity index (χ2v) is 6.11. The molecule has 1 fully saturated rings. The van der Waals surface area contributed by atoms with Gasteiger partial charge in [-0.05, 0) is 49.9 Å². The first-order chi connectivity index (χ1) is 10.0. The Hall–Kier alpha value is -1.56. The fourth-order valence-corrected chi connectivity index (χ4v) is 2.22. The lowest BCUT2D eigenvalue weighted by atomic mass is 10.2. The average Bonchev–Trinajstić information content (AvgIpc) is 3.21. The number of rotatable bonds is 8. The molecule has 0 saturated heterocycles. The van der Waals surface area contributed by atoms with Crippen molar-refractivity contribution in [1.29, 1.82) is 0 Å². The van der Waals surface area contributed by atoms with Gasteiger partial charge in [0, 0.05) is 10.9 Å². The zero-order chi connectivity index (χ0) is 15.3. The van der Waals surface area contributed by atoms with E-state index in [4.69, 9.17) is 9.84 Å². The molecule has 0 bridgehead atoms. The minimum atomic E-state index is -0.981. The minimum Gasteiger partial charge on any atom is -0.494 e. The van der Waals surface area contributed by atoms with Crippen LogP contribution in [0.2, 0.25) is 0 Å². The Morgan fingerprint density at radius 3 is 2.48 bits per heavy atom. The molecule has 1 aliphatic rings. The van der Waals surface area contributed by atoms with E-state index in [1.54, 1.807) is 0 Å². The molecule has 0 aliphatic heterocycles. The molecule has 5 nitrogen and oxygen atoms in total. The maximum Gasteiger partial charge on any atom is 0.329 e. The number of hydrogen-bond donors (Lipinski definition) is 2.